The van der Waals surface area contributed by atoms with Crippen LogP contribution in [0.2, 0.25) is 0 Å². The number of para-hydroxylation sites is 3. The van der Waals surface area contributed by atoms with Crippen molar-refractivity contribution in [2.45, 2.75) is 11.7 Å². The van der Waals surface area contributed by atoms with Crippen LogP contribution in [-0.2, 0) is 6.54 Å². The average molecular weight is 441 g/mol. The topological polar surface area (TPSA) is 36.3 Å². The van der Waals surface area contributed by atoms with Crippen LogP contribution in [-0.4, -0.2) is 28.5 Å². The minimum atomic E-state index is 0.572. The summed E-state index contributed by atoms with van der Waals surface area (Å²) in [5.74, 6) is 2.63. The lowest BCUT2D eigenvalue weighted by Crippen LogP contribution is -2.10. The maximum absolute atomic E-state index is 6.20. The lowest BCUT2D eigenvalue weighted by molar-refractivity contribution is 0.299. The Morgan fingerprint density at radius 1 is 0.719 bits per heavy atom. The van der Waals surface area contributed by atoms with Gasteiger partial charge in [0.25, 0.3) is 0 Å². The Kier molecular flexibility index (Phi) is 6.26. The first kappa shape index (κ1) is 20.5. The molecule has 1 aromatic heterocycles. The predicted octanol–water partition coefficient (Wildman–Crippen LogP) is 6.44. The van der Waals surface area contributed by atoms with E-state index in [9.17, 15) is 0 Å². The highest BCUT2D eigenvalue weighted by Gasteiger charge is 2.11. The molecule has 0 aliphatic heterocycles. The normalized spacial score (nSPS) is 11.1. The fraction of sp³-hybridized carbons (Fsp3) is 0.148. The quantitative estimate of drug-likeness (QED) is 0.195. The van der Waals surface area contributed by atoms with E-state index in [2.05, 4.69) is 47.0 Å². The van der Waals surface area contributed by atoms with Gasteiger partial charge in [-0.1, -0.05) is 78.5 Å². The van der Waals surface area contributed by atoms with Crippen molar-refractivity contribution in [3.05, 3.63) is 97.1 Å². The second kappa shape index (κ2) is 9.79. The molecule has 0 atom stereocenters. The molecule has 0 spiro atoms. The van der Waals surface area contributed by atoms with Crippen LogP contribution in [0, 0.1) is 0 Å². The van der Waals surface area contributed by atoms with Gasteiger partial charge in [-0.15, -0.1) is 0 Å². The first-order chi connectivity index (χ1) is 15.9. The number of aromatic nitrogens is 2. The van der Waals surface area contributed by atoms with E-state index < -0.39 is 0 Å². The van der Waals surface area contributed by atoms with Crippen molar-refractivity contribution in [3.63, 3.8) is 0 Å². The molecule has 0 N–H and O–H groups in total. The molecule has 0 unspecified atom stereocenters. The van der Waals surface area contributed by atoms with E-state index in [-0.39, 0.29) is 0 Å². The lowest BCUT2D eigenvalue weighted by atomic mass is 10.1. The van der Waals surface area contributed by atoms with Gasteiger partial charge in [-0.3, -0.25) is 0 Å². The SMILES string of the molecule is c1ccc(OCCSc2nc3ccccc3n2CCOc2cccc3ccccc23)cc1. The molecular formula is C27H24N2O2S. The zero-order valence-electron chi connectivity index (χ0n) is 17.7. The third-order valence-electron chi connectivity index (χ3n) is 5.27. The van der Waals surface area contributed by atoms with Crippen molar-refractivity contribution in [1.82, 2.24) is 9.55 Å². The van der Waals surface area contributed by atoms with Gasteiger partial charge < -0.3 is 14.0 Å². The van der Waals surface area contributed by atoms with Gasteiger partial charge in [-0.2, -0.15) is 0 Å². The molecule has 0 saturated heterocycles. The van der Waals surface area contributed by atoms with Gasteiger partial charge in [0.05, 0.1) is 24.2 Å². The Bertz CT molecular complexity index is 1310. The summed E-state index contributed by atoms with van der Waals surface area (Å²) in [6, 6.07) is 32.7. The summed E-state index contributed by atoms with van der Waals surface area (Å²) in [4.78, 5) is 4.85. The third kappa shape index (κ3) is 4.58. The van der Waals surface area contributed by atoms with Crippen LogP contribution in [0.1, 0.15) is 0 Å². The minimum Gasteiger partial charge on any atom is -0.493 e. The number of hydrogen-bond donors (Lipinski definition) is 0. The number of ether oxygens (including phenoxy) is 2. The smallest absolute Gasteiger partial charge is 0.169 e. The van der Waals surface area contributed by atoms with E-state index >= 15 is 0 Å². The van der Waals surface area contributed by atoms with Gasteiger partial charge in [0.1, 0.15) is 18.1 Å². The van der Waals surface area contributed by atoms with E-state index in [1.165, 1.54) is 5.39 Å². The maximum atomic E-state index is 6.20. The number of imidazole rings is 1. The molecule has 0 radical (unpaired) electrons. The fourth-order valence-electron chi connectivity index (χ4n) is 3.76. The zero-order chi connectivity index (χ0) is 21.6. The second-order valence-corrected chi connectivity index (χ2v) is 8.43. The van der Waals surface area contributed by atoms with Crippen LogP contribution < -0.4 is 9.47 Å². The molecule has 5 heteroatoms. The molecule has 0 aliphatic rings. The van der Waals surface area contributed by atoms with Crippen molar-refractivity contribution in [3.8, 4) is 11.5 Å². The van der Waals surface area contributed by atoms with Crippen molar-refractivity contribution in [1.29, 1.82) is 0 Å². The zero-order valence-corrected chi connectivity index (χ0v) is 18.5. The van der Waals surface area contributed by atoms with E-state index in [0.29, 0.717) is 13.2 Å². The highest BCUT2D eigenvalue weighted by Crippen LogP contribution is 2.27. The summed E-state index contributed by atoms with van der Waals surface area (Å²) in [6.07, 6.45) is 0. The maximum Gasteiger partial charge on any atom is 0.169 e. The lowest BCUT2D eigenvalue weighted by Gasteiger charge is -2.12. The molecular weight excluding hydrogens is 416 g/mol. The fourth-order valence-corrected chi connectivity index (χ4v) is 4.61. The van der Waals surface area contributed by atoms with E-state index in [4.69, 9.17) is 14.5 Å². The van der Waals surface area contributed by atoms with Gasteiger partial charge in [0, 0.05) is 11.1 Å². The van der Waals surface area contributed by atoms with E-state index in [1.54, 1.807) is 11.8 Å². The molecule has 4 nitrogen and oxygen atoms in total. The summed E-state index contributed by atoms with van der Waals surface area (Å²) < 4.78 is 14.3. The molecule has 5 aromatic rings. The van der Waals surface area contributed by atoms with Crippen LogP contribution in [0.5, 0.6) is 11.5 Å². The number of fused-ring (bicyclic) bond motifs is 2. The Hall–Kier alpha value is -3.44. The summed E-state index contributed by atoms with van der Waals surface area (Å²) in [6.45, 7) is 1.93. The molecule has 4 aromatic carbocycles. The monoisotopic (exact) mass is 440 g/mol. The molecule has 1 heterocycles. The molecule has 0 aliphatic carbocycles. The van der Waals surface area contributed by atoms with Gasteiger partial charge in [-0.25, -0.2) is 4.98 Å². The molecule has 0 amide bonds. The molecule has 0 fully saturated rings. The Balaban J connectivity index is 1.27. The molecule has 5 rings (SSSR count). The van der Waals surface area contributed by atoms with Crippen LogP contribution in [0.4, 0.5) is 0 Å². The predicted molar refractivity (Wildman–Crippen MR) is 132 cm³/mol. The second-order valence-electron chi connectivity index (χ2n) is 7.37. The van der Waals surface area contributed by atoms with E-state index in [0.717, 1.165) is 45.4 Å². The third-order valence-corrected chi connectivity index (χ3v) is 6.21. The largest absolute Gasteiger partial charge is 0.493 e. The summed E-state index contributed by atoms with van der Waals surface area (Å²) >= 11 is 1.71. The van der Waals surface area contributed by atoms with Crippen molar-refractivity contribution >= 4 is 33.6 Å². The Morgan fingerprint density at radius 3 is 2.44 bits per heavy atom. The minimum absolute atomic E-state index is 0.572. The molecule has 0 saturated carbocycles. The summed E-state index contributed by atoms with van der Waals surface area (Å²) in [7, 11) is 0. The van der Waals surface area contributed by atoms with Gasteiger partial charge in [0.15, 0.2) is 5.16 Å². The first-order valence-electron chi connectivity index (χ1n) is 10.7. The summed E-state index contributed by atoms with van der Waals surface area (Å²) in [5, 5.41) is 3.32. The average Bonchev–Trinajstić information content (AvgIpc) is 3.20. The molecule has 32 heavy (non-hydrogen) atoms. The van der Waals surface area contributed by atoms with Crippen LogP contribution in [0.3, 0.4) is 0 Å². The standard InChI is InChI=1S/C27H24N2O2S/c1-2-11-22(12-3-1)30-19-20-32-27-28-24-14-6-7-15-25(24)29(27)17-18-31-26-16-8-10-21-9-4-5-13-23(21)26/h1-16H,17-20H2. The first-order valence-corrected chi connectivity index (χ1v) is 11.7. The van der Waals surface area contributed by atoms with E-state index in [1.807, 2.05) is 54.6 Å². The number of rotatable bonds is 9. The number of nitrogens with zero attached hydrogens (tertiary/aromatic N) is 2. The van der Waals surface area contributed by atoms with Gasteiger partial charge in [-0.05, 0) is 35.7 Å². The van der Waals surface area contributed by atoms with Crippen LogP contribution in [0.25, 0.3) is 21.8 Å². The Morgan fingerprint density at radius 2 is 1.50 bits per heavy atom. The molecule has 0 bridgehead atoms. The highest BCUT2D eigenvalue weighted by molar-refractivity contribution is 7.99. The van der Waals surface area contributed by atoms with Crippen LogP contribution >= 0.6 is 11.8 Å². The van der Waals surface area contributed by atoms with Gasteiger partial charge in [0.2, 0.25) is 0 Å². The Labute approximate surface area is 191 Å². The van der Waals surface area contributed by atoms with Crippen LogP contribution in [0.15, 0.2) is 102 Å². The number of benzene rings is 4. The number of thioether (sulfide) groups is 1. The van der Waals surface area contributed by atoms with Crippen molar-refractivity contribution in [2.75, 3.05) is 19.0 Å². The summed E-state index contributed by atoms with van der Waals surface area (Å²) in [5.41, 5.74) is 2.13. The number of hydrogen-bond acceptors (Lipinski definition) is 4. The van der Waals surface area contributed by atoms with Gasteiger partial charge >= 0.3 is 0 Å². The van der Waals surface area contributed by atoms with Crippen molar-refractivity contribution < 1.29 is 9.47 Å². The van der Waals surface area contributed by atoms with Crippen molar-refractivity contribution in [2.24, 2.45) is 0 Å². The highest BCUT2D eigenvalue weighted by atomic mass is 32.2. The molecule has 160 valence electrons.